The number of non-ortho nitro benzene ring substituents is 1. The van der Waals surface area contributed by atoms with Crippen LogP contribution in [0.3, 0.4) is 0 Å². The number of imide groups is 1. The molecule has 2 atom stereocenters. The number of Topliss-reactive ketones (excluding diaryl/α,β-unsaturated/α-hetero) is 1. The van der Waals surface area contributed by atoms with Crippen molar-refractivity contribution in [3.05, 3.63) is 163 Å². The Kier molecular flexibility index (Phi) is 7.45. The molecule has 0 radical (unpaired) electrons. The van der Waals surface area contributed by atoms with E-state index in [1.54, 1.807) is 17.5 Å². The Labute approximate surface area is 288 Å². The third-order valence-electron chi connectivity index (χ3n) is 9.63. The van der Waals surface area contributed by atoms with Crippen LogP contribution in [-0.2, 0) is 9.59 Å². The molecule has 3 amide bonds. The molecule has 3 aliphatic carbocycles. The number of benzene rings is 4. The molecule has 12 heteroatoms. The molecule has 2 heterocycles. The van der Waals surface area contributed by atoms with E-state index in [9.17, 15) is 34.1 Å². The number of carbonyl (C=O) groups excluding carboxylic acids is 5. The molecule has 0 unspecified atom stereocenters. The monoisotopic (exact) mass is 683 g/mol. The highest BCUT2D eigenvalue weighted by atomic mass is 32.1. The van der Waals surface area contributed by atoms with E-state index >= 15 is 0 Å². The maximum atomic E-state index is 14.5. The minimum absolute atomic E-state index is 0.0516. The van der Waals surface area contributed by atoms with Gasteiger partial charge in [0.15, 0.2) is 5.78 Å². The fraction of sp³-hybridized carbons (Fsp3) is 0.132. The van der Waals surface area contributed by atoms with Crippen LogP contribution < -0.4 is 4.74 Å². The van der Waals surface area contributed by atoms with Crippen molar-refractivity contribution in [3.8, 4) is 5.75 Å². The number of hydrogen-bond donors (Lipinski definition) is 0. The molecular weight excluding hydrogens is 658 g/mol. The highest BCUT2D eigenvalue weighted by molar-refractivity contribution is 7.12. The Morgan fingerprint density at radius 3 is 1.72 bits per heavy atom. The Balaban J connectivity index is 1.14. The number of nitro benzene ring substituents is 1. The molecular formula is C38H25N3O8S. The molecule has 1 aromatic heterocycles. The Bertz CT molecular complexity index is 2120. The summed E-state index contributed by atoms with van der Waals surface area (Å²) in [4.78, 5) is 80.5. The summed E-state index contributed by atoms with van der Waals surface area (Å²) in [5.41, 5.74) is 3.63. The summed E-state index contributed by atoms with van der Waals surface area (Å²) >= 11 is 1.23. The van der Waals surface area contributed by atoms with Gasteiger partial charge in [-0.3, -0.25) is 29.3 Å². The van der Waals surface area contributed by atoms with Crippen molar-refractivity contribution >= 4 is 46.5 Å². The van der Waals surface area contributed by atoms with E-state index in [-0.39, 0.29) is 22.6 Å². The fourth-order valence-electron chi connectivity index (χ4n) is 7.50. The molecule has 4 aromatic carbocycles. The summed E-state index contributed by atoms with van der Waals surface area (Å²) < 4.78 is 5.39. The van der Waals surface area contributed by atoms with E-state index in [2.05, 4.69) is 0 Å². The normalized spacial score (nSPS) is 19.7. The van der Waals surface area contributed by atoms with E-state index in [1.165, 1.54) is 47.7 Å². The number of ether oxygens (including phenoxy) is 1. The largest absolute Gasteiger partial charge is 0.422 e. The fourth-order valence-corrected chi connectivity index (χ4v) is 8.09. The number of hydrogen-bond acceptors (Lipinski definition) is 9. The second-order valence-electron chi connectivity index (χ2n) is 12.2. The third-order valence-corrected chi connectivity index (χ3v) is 10.5. The summed E-state index contributed by atoms with van der Waals surface area (Å²) in [5, 5.41) is 14.7. The van der Waals surface area contributed by atoms with E-state index in [0.717, 1.165) is 44.4 Å². The van der Waals surface area contributed by atoms with Gasteiger partial charge in [0.05, 0.1) is 16.8 Å². The van der Waals surface area contributed by atoms with Crippen molar-refractivity contribution in [2.24, 2.45) is 11.8 Å². The predicted octanol–water partition coefficient (Wildman–Crippen LogP) is 6.01. The number of carbonyl (C=O) groups is 5. The highest BCUT2D eigenvalue weighted by Gasteiger charge is 2.63. The zero-order chi connectivity index (χ0) is 34.7. The first-order valence-electron chi connectivity index (χ1n) is 15.7. The summed E-state index contributed by atoms with van der Waals surface area (Å²) in [6.45, 7) is -0.684. The van der Waals surface area contributed by atoms with Gasteiger partial charge in [0.2, 0.25) is 0 Å². The van der Waals surface area contributed by atoms with Crippen molar-refractivity contribution in [1.29, 1.82) is 0 Å². The molecule has 4 aliphatic rings. The van der Waals surface area contributed by atoms with Gasteiger partial charge in [-0.05, 0) is 70.1 Å². The predicted molar refractivity (Wildman–Crippen MR) is 180 cm³/mol. The van der Waals surface area contributed by atoms with Crippen LogP contribution in [0.4, 0.5) is 5.69 Å². The van der Waals surface area contributed by atoms with E-state index in [4.69, 9.17) is 4.74 Å². The minimum Gasteiger partial charge on any atom is -0.422 e. The van der Waals surface area contributed by atoms with Gasteiger partial charge in [0.1, 0.15) is 17.2 Å². The standard InChI is InChI=1S/C38H25N3O8S/c42-29(21-13-17-24(18-14-21)49-38(46)30-10-5-19-50-30)20-39(35(43)22-11-15-23(16-12-22)41(47)48)40-36(44)33-31-25-6-1-2-7-26(25)32(34(33)37(40)45)28-9-4-3-8-27(28)31/h1-19,31-34H,20H2/t31?,32?,33-,34+. The number of hydrazine groups is 1. The van der Waals surface area contributed by atoms with Gasteiger partial charge in [-0.2, -0.15) is 5.01 Å². The molecule has 11 nitrogen and oxygen atoms in total. The van der Waals surface area contributed by atoms with Crippen molar-refractivity contribution < 1.29 is 33.6 Å². The molecule has 50 heavy (non-hydrogen) atoms. The van der Waals surface area contributed by atoms with Crippen LogP contribution >= 0.6 is 11.3 Å². The number of nitro groups is 1. The molecule has 246 valence electrons. The molecule has 5 aromatic rings. The molecule has 1 fully saturated rings. The molecule has 0 N–H and O–H groups in total. The van der Waals surface area contributed by atoms with Crippen LogP contribution in [-0.4, -0.2) is 51.0 Å². The highest BCUT2D eigenvalue weighted by Crippen LogP contribution is 2.61. The second-order valence-corrected chi connectivity index (χ2v) is 13.2. The smallest absolute Gasteiger partial charge is 0.353 e. The first-order chi connectivity index (χ1) is 24.2. The van der Waals surface area contributed by atoms with Crippen LogP contribution in [0.2, 0.25) is 0 Å². The molecule has 9 rings (SSSR count). The van der Waals surface area contributed by atoms with Crippen molar-refractivity contribution in [2.75, 3.05) is 6.54 Å². The van der Waals surface area contributed by atoms with Crippen LogP contribution in [0.1, 0.15) is 64.5 Å². The van der Waals surface area contributed by atoms with Crippen molar-refractivity contribution in [1.82, 2.24) is 10.0 Å². The van der Waals surface area contributed by atoms with E-state index in [0.29, 0.717) is 4.88 Å². The van der Waals surface area contributed by atoms with Gasteiger partial charge < -0.3 is 4.74 Å². The summed E-state index contributed by atoms with van der Waals surface area (Å²) in [5.74, 6) is -5.49. The molecule has 1 saturated heterocycles. The van der Waals surface area contributed by atoms with Gasteiger partial charge in [-0.1, -0.05) is 54.6 Å². The number of rotatable bonds is 8. The second kappa shape index (κ2) is 12.0. The lowest BCUT2D eigenvalue weighted by Crippen LogP contribution is -2.52. The number of thiophene rings is 1. The Hall–Kier alpha value is -6.27. The average Bonchev–Trinajstić information content (AvgIpc) is 3.78. The summed E-state index contributed by atoms with van der Waals surface area (Å²) in [7, 11) is 0. The van der Waals surface area contributed by atoms with Gasteiger partial charge in [0.25, 0.3) is 23.4 Å². The number of nitrogens with zero attached hydrogens (tertiary/aromatic N) is 3. The van der Waals surface area contributed by atoms with Crippen LogP contribution in [0.15, 0.2) is 115 Å². The van der Waals surface area contributed by atoms with E-state index in [1.807, 2.05) is 48.5 Å². The topological polar surface area (TPSA) is 144 Å². The van der Waals surface area contributed by atoms with Crippen LogP contribution in [0.5, 0.6) is 5.75 Å². The van der Waals surface area contributed by atoms with Gasteiger partial charge in [-0.25, -0.2) is 9.80 Å². The average molecular weight is 684 g/mol. The summed E-state index contributed by atoms with van der Waals surface area (Å²) in [6, 6.07) is 29.2. The van der Waals surface area contributed by atoms with Crippen molar-refractivity contribution in [2.45, 2.75) is 11.8 Å². The Morgan fingerprint density at radius 1 is 0.720 bits per heavy atom. The zero-order valence-electron chi connectivity index (χ0n) is 26.0. The lowest BCUT2D eigenvalue weighted by molar-refractivity contribution is -0.384. The summed E-state index contributed by atoms with van der Waals surface area (Å²) in [6.07, 6.45) is 0. The molecule has 0 spiro atoms. The van der Waals surface area contributed by atoms with Crippen LogP contribution in [0, 0.1) is 22.0 Å². The quantitative estimate of drug-likeness (QED) is 0.0483. The molecule has 1 aliphatic heterocycles. The SMILES string of the molecule is O=C(CN(C(=O)c1ccc([N+](=O)[O-])cc1)N1C(=O)[C@@H]2C3c4ccccc4C(c4ccccc43)[C@@H]2C1=O)c1ccc(OC(=O)c2cccs2)cc1. The Morgan fingerprint density at radius 2 is 1.24 bits per heavy atom. The van der Waals surface area contributed by atoms with Gasteiger partial charge >= 0.3 is 5.97 Å². The maximum absolute atomic E-state index is 14.5. The number of esters is 1. The molecule has 2 bridgehead atoms. The van der Waals surface area contributed by atoms with E-state index < -0.39 is 64.6 Å². The number of ketones is 1. The maximum Gasteiger partial charge on any atom is 0.353 e. The lowest BCUT2D eigenvalue weighted by atomic mass is 9.55. The first kappa shape index (κ1) is 31.0. The number of amides is 3. The minimum atomic E-state index is -0.850. The van der Waals surface area contributed by atoms with Gasteiger partial charge in [-0.15, -0.1) is 11.3 Å². The first-order valence-corrected chi connectivity index (χ1v) is 16.6. The lowest BCUT2D eigenvalue weighted by Gasteiger charge is -2.45. The van der Waals surface area contributed by atoms with Crippen molar-refractivity contribution in [3.63, 3.8) is 0 Å². The zero-order valence-corrected chi connectivity index (χ0v) is 26.8. The van der Waals surface area contributed by atoms with Crippen LogP contribution in [0.25, 0.3) is 0 Å². The van der Waals surface area contributed by atoms with Gasteiger partial charge in [0, 0.05) is 35.1 Å². The third kappa shape index (κ3) is 4.91. The molecule has 0 saturated carbocycles.